The molecule has 0 saturated heterocycles. The normalized spacial score (nSPS) is 10.8. The molecule has 0 saturated carbocycles. The fourth-order valence-electron chi connectivity index (χ4n) is 3.53. The molecule has 0 atom stereocenters. The first-order valence-electron chi connectivity index (χ1n) is 10.1. The van der Waals surface area contributed by atoms with Gasteiger partial charge in [-0.2, -0.15) is 0 Å². The van der Waals surface area contributed by atoms with E-state index >= 15 is 0 Å². The van der Waals surface area contributed by atoms with E-state index in [-0.39, 0.29) is 5.91 Å². The molecule has 0 fully saturated rings. The molecule has 0 aliphatic heterocycles. The van der Waals surface area contributed by atoms with Gasteiger partial charge in [0.1, 0.15) is 0 Å². The zero-order valence-corrected chi connectivity index (χ0v) is 17.2. The number of nitrogens with zero attached hydrogens (tertiary/aromatic N) is 2. The van der Waals surface area contributed by atoms with Crippen LogP contribution < -0.4 is 0 Å². The topological polar surface area (TPSA) is 25.2 Å². The minimum Gasteiger partial charge on any atom is -0.345 e. The molecule has 0 aliphatic rings. The monoisotopic (exact) mass is 374 g/mol. The zero-order valence-electron chi connectivity index (χ0n) is 17.2. The Labute approximate surface area is 168 Å². The number of benzene rings is 2. The Balaban J connectivity index is 1.81. The molecule has 0 N–H and O–H groups in total. The van der Waals surface area contributed by atoms with E-state index in [0.717, 1.165) is 37.1 Å². The number of unbranched alkanes of at least 4 members (excludes halogenated alkanes) is 1. The first-order chi connectivity index (χ1) is 13.6. The second-order valence-corrected chi connectivity index (χ2v) is 7.51. The molecular weight excluding hydrogens is 344 g/mol. The third-order valence-corrected chi connectivity index (χ3v) is 5.16. The van der Waals surface area contributed by atoms with Crippen LogP contribution in [-0.4, -0.2) is 21.9 Å². The van der Waals surface area contributed by atoms with Gasteiger partial charge < -0.3 is 9.47 Å². The molecule has 1 aromatic heterocycles. The van der Waals surface area contributed by atoms with Gasteiger partial charge in [0.15, 0.2) is 0 Å². The number of rotatable bonds is 8. The van der Waals surface area contributed by atoms with Crippen LogP contribution in [-0.2, 0) is 13.1 Å². The quantitative estimate of drug-likeness (QED) is 0.504. The van der Waals surface area contributed by atoms with E-state index in [1.807, 2.05) is 36.1 Å². The molecule has 28 heavy (non-hydrogen) atoms. The van der Waals surface area contributed by atoms with Crippen molar-refractivity contribution in [2.75, 3.05) is 6.54 Å². The number of aryl methyl sites for hydroxylation is 2. The maximum absolute atomic E-state index is 13.2. The summed E-state index contributed by atoms with van der Waals surface area (Å²) in [6.45, 7) is 8.52. The third kappa shape index (κ3) is 4.92. The van der Waals surface area contributed by atoms with Gasteiger partial charge >= 0.3 is 0 Å². The summed E-state index contributed by atoms with van der Waals surface area (Å²) in [6.07, 6.45) is 4.19. The summed E-state index contributed by atoms with van der Waals surface area (Å²) in [5, 5.41) is 0. The number of amides is 1. The predicted octanol–water partition coefficient (Wildman–Crippen LogP) is 5.60. The van der Waals surface area contributed by atoms with Crippen molar-refractivity contribution >= 4 is 5.91 Å². The van der Waals surface area contributed by atoms with Crippen LogP contribution in [0.4, 0.5) is 0 Å². The van der Waals surface area contributed by atoms with Crippen LogP contribution in [0.25, 0.3) is 0 Å². The van der Waals surface area contributed by atoms with Crippen molar-refractivity contribution in [1.29, 1.82) is 0 Å². The highest BCUT2D eigenvalue weighted by Crippen LogP contribution is 2.16. The van der Waals surface area contributed by atoms with Crippen molar-refractivity contribution in [3.8, 4) is 0 Å². The van der Waals surface area contributed by atoms with Gasteiger partial charge in [-0.1, -0.05) is 61.4 Å². The van der Waals surface area contributed by atoms with Gasteiger partial charge in [-0.25, -0.2) is 0 Å². The third-order valence-electron chi connectivity index (χ3n) is 5.16. The van der Waals surface area contributed by atoms with Crippen LogP contribution in [0.1, 0.15) is 52.5 Å². The van der Waals surface area contributed by atoms with Gasteiger partial charge in [0, 0.05) is 30.5 Å². The largest absolute Gasteiger partial charge is 0.345 e. The van der Waals surface area contributed by atoms with Gasteiger partial charge in [0.05, 0.1) is 6.54 Å². The summed E-state index contributed by atoms with van der Waals surface area (Å²) in [5.74, 6) is 0.120. The van der Waals surface area contributed by atoms with Gasteiger partial charge in [-0.3, -0.25) is 4.79 Å². The van der Waals surface area contributed by atoms with Crippen molar-refractivity contribution in [3.05, 3.63) is 94.8 Å². The highest BCUT2D eigenvalue weighted by molar-refractivity contribution is 5.95. The van der Waals surface area contributed by atoms with Crippen molar-refractivity contribution in [3.63, 3.8) is 0 Å². The summed E-state index contributed by atoms with van der Waals surface area (Å²) in [5.41, 5.74) is 5.55. The summed E-state index contributed by atoms with van der Waals surface area (Å²) in [6, 6.07) is 20.7. The van der Waals surface area contributed by atoms with E-state index in [9.17, 15) is 4.79 Å². The van der Waals surface area contributed by atoms with Crippen LogP contribution in [0.2, 0.25) is 0 Å². The molecule has 0 aliphatic carbocycles. The molecule has 3 nitrogen and oxygen atoms in total. The Bertz CT molecular complexity index is 926. The molecule has 0 unspecified atom stereocenters. The van der Waals surface area contributed by atoms with Crippen molar-refractivity contribution in [2.24, 2.45) is 0 Å². The van der Waals surface area contributed by atoms with Gasteiger partial charge in [0.25, 0.3) is 5.91 Å². The van der Waals surface area contributed by atoms with Gasteiger partial charge in [-0.15, -0.1) is 0 Å². The summed E-state index contributed by atoms with van der Waals surface area (Å²) < 4.78 is 2.25. The van der Waals surface area contributed by atoms with E-state index in [4.69, 9.17) is 0 Å². The van der Waals surface area contributed by atoms with Crippen LogP contribution in [0, 0.1) is 13.8 Å². The standard InChI is InChI=1S/C25H30N2O/c1-4-5-15-27(25(28)24-14-7-6-11-21(24)3)19-23-13-9-16-26(23)18-22-12-8-10-20(2)17-22/h6-14,16-17H,4-5,15,18-19H2,1-3H3. The maximum Gasteiger partial charge on any atom is 0.254 e. The lowest BCUT2D eigenvalue weighted by Gasteiger charge is -2.24. The second-order valence-electron chi connectivity index (χ2n) is 7.51. The molecule has 0 spiro atoms. The predicted molar refractivity (Wildman–Crippen MR) is 116 cm³/mol. The van der Waals surface area contributed by atoms with Crippen molar-refractivity contribution in [2.45, 2.75) is 46.7 Å². The van der Waals surface area contributed by atoms with E-state index in [0.29, 0.717) is 6.54 Å². The molecule has 1 amide bonds. The molecule has 1 heterocycles. The Kier molecular flexibility index (Phi) is 6.70. The van der Waals surface area contributed by atoms with E-state index in [2.05, 4.69) is 61.0 Å². The fourth-order valence-corrected chi connectivity index (χ4v) is 3.53. The first-order valence-corrected chi connectivity index (χ1v) is 10.1. The smallest absolute Gasteiger partial charge is 0.254 e. The van der Waals surface area contributed by atoms with Crippen LogP contribution in [0.15, 0.2) is 66.9 Å². The summed E-state index contributed by atoms with van der Waals surface area (Å²) in [4.78, 5) is 15.2. The number of carbonyl (C=O) groups excluding carboxylic acids is 1. The Morgan fingerprint density at radius 1 is 1.00 bits per heavy atom. The fraction of sp³-hybridized carbons (Fsp3) is 0.320. The van der Waals surface area contributed by atoms with Crippen molar-refractivity contribution < 1.29 is 4.79 Å². The van der Waals surface area contributed by atoms with Crippen molar-refractivity contribution in [1.82, 2.24) is 9.47 Å². The minimum atomic E-state index is 0.120. The average Bonchev–Trinajstić information content (AvgIpc) is 3.11. The highest BCUT2D eigenvalue weighted by atomic mass is 16.2. The Morgan fingerprint density at radius 3 is 2.57 bits per heavy atom. The van der Waals surface area contributed by atoms with Crippen LogP contribution in [0.3, 0.4) is 0 Å². The van der Waals surface area contributed by atoms with E-state index in [1.165, 1.54) is 16.8 Å². The molecule has 0 bridgehead atoms. The summed E-state index contributed by atoms with van der Waals surface area (Å²) >= 11 is 0. The average molecular weight is 375 g/mol. The molecule has 146 valence electrons. The lowest BCUT2D eigenvalue weighted by atomic mass is 10.1. The molecule has 3 aromatic rings. The molecule has 2 aromatic carbocycles. The van der Waals surface area contributed by atoms with E-state index < -0.39 is 0 Å². The van der Waals surface area contributed by atoms with Gasteiger partial charge in [0.2, 0.25) is 0 Å². The molecule has 0 radical (unpaired) electrons. The van der Waals surface area contributed by atoms with Crippen LogP contribution in [0.5, 0.6) is 0 Å². The molecule has 3 rings (SSSR count). The van der Waals surface area contributed by atoms with Gasteiger partial charge in [-0.05, 0) is 49.6 Å². The Hall–Kier alpha value is -2.81. The SMILES string of the molecule is CCCCN(Cc1cccn1Cc1cccc(C)c1)C(=O)c1ccccc1C. The molecular formula is C25H30N2O. The van der Waals surface area contributed by atoms with Crippen LogP contribution >= 0.6 is 0 Å². The zero-order chi connectivity index (χ0) is 19.9. The highest BCUT2D eigenvalue weighted by Gasteiger charge is 2.18. The molecule has 3 heteroatoms. The first kappa shape index (κ1) is 19.9. The minimum absolute atomic E-state index is 0.120. The van der Waals surface area contributed by atoms with E-state index in [1.54, 1.807) is 0 Å². The number of carbonyl (C=O) groups is 1. The lowest BCUT2D eigenvalue weighted by molar-refractivity contribution is 0.0736. The maximum atomic E-state index is 13.2. The number of hydrogen-bond acceptors (Lipinski definition) is 1. The second kappa shape index (κ2) is 9.41. The number of aromatic nitrogens is 1. The number of hydrogen-bond donors (Lipinski definition) is 0. The lowest BCUT2D eigenvalue weighted by Crippen LogP contribution is -2.32. The summed E-state index contributed by atoms with van der Waals surface area (Å²) in [7, 11) is 0. The Morgan fingerprint density at radius 2 is 1.82 bits per heavy atom.